The molecule has 0 aliphatic carbocycles. The lowest BCUT2D eigenvalue weighted by Gasteiger charge is -2.16. The van der Waals surface area contributed by atoms with Gasteiger partial charge < -0.3 is 20.2 Å². The van der Waals surface area contributed by atoms with E-state index in [0.29, 0.717) is 19.0 Å². The lowest BCUT2D eigenvalue weighted by molar-refractivity contribution is 0.0691. The smallest absolute Gasteiger partial charge is 0.148 e. The molecule has 7 heteroatoms. The Labute approximate surface area is 126 Å². The van der Waals surface area contributed by atoms with Crippen LogP contribution in [0.2, 0.25) is 0 Å². The zero-order valence-electron chi connectivity index (χ0n) is 13.2. The third-order valence-corrected chi connectivity index (χ3v) is 3.04. The second kappa shape index (κ2) is 10.3. The van der Waals surface area contributed by atoms with Gasteiger partial charge in [0.25, 0.3) is 0 Å². The number of hydrogen-bond acceptors (Lipinski definition) is 7. The summed E-state index contributed by atoms with van der Waals surface area (Å²) < 4.78 is 10.3. The number of nitrogens with zero attached hydrogens (tertiary/aromatic N) is 2. The van der Waals surface area contributed by atoms with Crippen molar-refractivity contribution >= 4 is 11.6 Å². The van der Waals surface area contributed by atoms with Crippen molar-refractivity contribution in [3.05, 3.63) is 11.9 Å². The average Bonchev–Trinajstić information content (AvgIpc) is 2.49. The van der Waals surface area contributed by atoms with Gasteiger partial charge in [-0.3, -0.25) is 0 Å². The van der Waals surface area contributed by atoms with Crippen molar-refractivity contribution in [2.45, 2.75) is 32.6 Å². The second-order valence-electron chi connectivity index (χ2n) is 5.02. The predicted molar refractivity (Wildman–Crippen MR) is 84.3 cm³/mol. The van der Waals surface area contributed by atoms with E-state index in [9.17, 15) is 0 Å². The SMILES string of the molecule is COCCOCCCCNc1ncnc(NN)c1C(C)C. The first-order valence-corrected chi connectivity index (χ1v) is 7.32. The largest absolute Gasteiger partial charge is 0.382 e. The maximum absolute atomic E-state index is 5.50. The van der Waals surface area contributed by atoms with Gasteiger partial charge in [0.05, 0.1) is 13.2 Å². The van der Waals surface area contributed by atoms with Crippen molar-refractivity contribution in [1.29, 1.82) is 0 Å². The molecular weight excluding hydrogens is 270 g/mol. The minimum Gasteiger partial charge on any atom is -0.382 e. The highest BCUT2D eigenvalue weighted by molar-refractivity contribution is 5.58. The summed E-state index contributed by atoms with van der Waals surface area (Å²) in [5.41, 5.74) is 3.64. The Morgan fingerprint density at radius 3 is 2.57 bits per heavy atom. The fraction of sp³-hybridized carbons (Fsp3) is 0.714. The van der Waals surface area contributed by atoms with Crippen LogP contribution in [0.5, 0.6) is 0 Å². The molecule has 0 fully saturated rings. The van der Waals surface area contributed by atoms with Gasteiger partial charge in [0.2, 0.25) is 0 Å². The Bertz CT molecular complexity index is 401. The van der Waals surface area contributed by atoms with Crippen LogP contribution in [0, 0.1) is 0 Å². The van der Waals surface area contributed by atoms with Crippen LogP contribution in [0.4, 0.5) is 11.6 Å². The van der Waals surface area contributed by atoms with Crippen molar-refractivity contribution in [1.82, 2.24) is 9.97 Å². The molecule has 1 aromatic heterocycles. The fourth-order valence-corrected chi connectivity index (χ4v) is 1.98. The van der Waals surface area contributed by atoms with Gasteiger partial charge in [0.15, 0.2) is 0 Å². The maximum Gasteiger partial charge on any atom is 0.148 e. The first kappa shape index (κ1) is 17.6. The standard InChI is InChI=1S/C14H27N5O2/c1-11(2)12-13(17-10-18-14(12)19-15)16-6-4-5-7-21-9-8-20-3/h10-11H,4-9,15H2,1-3H3,(H2,16,17,18,19). The lowest BCUT2D eigenvalue weighted by atomic mass is 10.0. The number of anilines is 2. The van der Waals surface area contributed by atoms with Gasteiger partial charge in [-0.1, -0.05) is 13.8 Å². The first-order valence-electron chi connectivity index (χ1n) is 7.32. The maximum atomic E-state index is 5.50. The van der Waals surface area contributed by atoms with Crippen molar-refractivity contribution in [3.63, 3.8) is 0 Å². The van der Waals surface area contributed by atoms with Gasteiger partial charge >= 0.3 is 0 Å². The molecule has 0 saturated heterocycles. The van der Waals surface area contributed by atoms with Crippen LogP contribution in [0.25, 0.3) is 0 Å². The zero-order chi connectivity index (χ0) is 15.5. The van der Waals surface area contributed by atoms with Gasteiger partial charge in [0.1, 0.15) is 18.0 Å². The fourth-order valence-electron chi connectivity index (χ4n) is 1.98. The number of methoxy groups -OCH3 is 1. The molecular formula is C14H27N5O2. The molecule has 0 aliphatic heterocycles. The van der Waals surface area contributed by atoms with Crippen molar-refractivity contribution in [3.8, 4) is 0 Å². The first-order chi connectivity index (χ1) is 10.2. The van der Waals surface area contributed by atoms with Crippen LogP contribution >= 0.6 is 0 Å². The minimum absolute atomic E-state index is 0.289. The Hall–Kier alpha value is -1.44. The molecule has 0 bridgehead atoms. The van der Waals surface area contributed by atoms with Crippen LogP contribution in [-0.2, 0) is 9.47 Å². The number of nitrogen functional groups attached to an aromatic ring is 1. The van der Waals surface area contributed by atoms with Gasteiger partial charge in [-0.05, 0) is 18.8 Å². The van der Waals surface area contributed by atoms with Gasteiger partial charge in [-0.2, -0.15) is 0 Å². The molecule has 120 valence electrons. The molecule has 4 N–H and O–H groups in total. The Morgan fingerprint density at radius 2 is 1.90 bits per heavy atom. The van der Waals surface area contributed by atoms with Gasteiger partial charge in [-0.25, -0.2) is 15.8 Å². The molecule has 0 saturated carbocycles. The van der Waals surface area contributed by atoms with Crippen molar-refractivity contribution < 1.29 is 9.47 Å². The van der Waals surface area contributed by atoms with Crippen LogP contribution in [0.1, 0.15) is 38.2 Å². The van der Waals surface area contributed by atoms with E-state index >= 15 is 0 Å². The van der Waals surface area contributed by atoms with E-state index in [2.05, 4.69) is 34.6 Å². The molecule has 0 aromatic carbocycles. The van der Waals surface area contributed by atoms with Crippen molar-refractivity contribution in [2.75, 3.05) is 44.2 Å². The average molecular weight is 297 g/mol. The highest BCUT2D eigenvalue weighted by Gasteiger charge is 2.13. The molecule has 7 nitrogen and oxygen atoms in total. The number of nitrogens with two attached hydrogens (primary N) is 1. The monoisotopic (exact) mass is 297 g/mol. The molecule has 0 spiro atoms. The molecule has 1 heterocycles. The van der Waals surface area contributed by atoms with Crippen LogP contribution in [0.3, 0.4) is 0 Å². The number of unbranched alkanes of at least 4 members (excludes halogenated alkanes) is 1. The molecule has 1 aromatic rings. The molecule has 0 atom stereocenters. The molecule has 21 heavy (non-hydrogen) atoms. The number of rotatable bonds is 11. The Balaban J connectivity index is 2.35. The molecule has 0 aliphatic rings. The topological polar surface area (TPSA) is 94.3 Å². The second-order valence-corrected chi connectivity index (χ2v) is 5.02. The predicted octanol–water partition coefficient (Wildman–Crippen LogP) is 1.74. The number of hydrazine groups is 1. The van der Waals surface area contributed by atoms with Gasteiger partial charge in [-0.15, -0.1) is 0 Å². The number of nitrogens with one attached hydrogen (secondary N) is 2. The normalized spacial score (nSPS) is 10.9. The molecule has 0 amide bonds. The molecule has 1 rings (SSSR count). The van der Waals surface area contributed by atoms with Crippen LogP contribution < -0.4 is 16.6 Å². The van der Waals surface area contributed by atoms with E-state index < -0.39 is 0 Å². The van der Waals surface area contributed by atoms with E-state index in [1.54, 1.807) is 7.11 Å². The summed E-state index contributed by atoms with van der Waals surface area (Å²) in [5, 5.41) is 3.34. The highest BCUT2D eigenvalue weighted by Crippen LogP contribution is 2.27. The highest BCUT2D eigenvalue weighted by atomic mass is 16.5. The zero-order valence-corrected chi connectivity index (χ0v) is 13.2. The number of hydrogen-bond donors (Lipinski definition) is 3. The van der Waals surface area contributed by atoms with Crippen LogP contribution in [0.15, 0.2) is 6.33 Å². The number of ether oxygens (including phenoxy) is 2. The summed E-state index contributed by atoms with van der Waals surface area (Å²) in [6, 6.07) is 0. The summed E-state index contributed by atoms with van der Waals surface area (Å²) in [5.74, 6) is 7.30. The number of aromatic nitrogens is 2. The minimum atomic E-state index is 0.289. The van der Waals surface area contributed by atoms with Crippen molar-refractivity contribution in [2.24, 2.45) is 5.84 Å². The van der Waals surface area contributed by atoms with E-state index in [0.717, 1.165) is 37.4 Å². The Kier molecular flexibility index (Phi) is 8.65. The molecule has 0 radical (unpaired) electrons. The summed E-state index contributed by atoms with van der Waals surface area (Å²) >= 11 is 0. The van der Waals surface area contributed by atoms with Gasteiger partial charge in [0, 0.05) is 25.8 Å². The summed E-state index contributed by atoms with van der Waals surface area (Å²) in [7, 11) is 1.67. The quantitative estimate of drug-likeness (QED) is 0.325. The third-order valence-electron chi connectivity index (χ3n) is 3.04. The van der Waals surface area contributed by atoms with E-state index in [4.69, 9.17) is 15.3 Å². The lowest BCUT2D eigenvalue weighted by Crippen LogP contribution is -2.15. The third kappa shape index (κ3) is 6.24. The van der Waals surface area contributed by atoms with E-state index in [1.807, 2.05) is 0 Å². The van der Waals surface area contributed by atoms with E-state index in [1.165, 1.54) is 6.33 Å². The Morgan fingerprint density at radius 1 is 1.14 bits per heavy atom. The summed E-state index contributed by atoms with van der Waals surface area (Å²) in [6.45, 7) is 7.07. The van der Waals surface area contributed by atoms with Crippen LogP contribution in [-0.4, -0.2) is 43.4 Å². The van der Waals surface area contributed by atoms with E-state index in [-0.39, 0.29) is 5.92 Å². The summed E-state index contributed by atoms with van der Waals surface area (Å²) in [4.78, 5) is 8.45. The molecule has 0 unspecified atom stereocenters. The summed E-state index contributed by atoms with van der Waals surface area (Å²) in [6.07, 6.45) is 3.53.